The van der Waals surface area contributed by atoms with E-state index in [-0.39, 0.29) is 5.91 Å². The molecule has 0 saturated heterocycles. The minimum Gasteiger partial charge on any atom is -0.465 e. The first kappa shape index (κ1) is 11.8. The second-order valence-electron chi connectivity index (χ2n) is 3.68. The molecule has 1 aromatic rings. The van der Waals surface area contributed by atoms with E-state index < -0.39 is 12.1 Å². The van der Waals surface area contributed by atoms with Crippen molar-refractivity contribution < 1.29 is 14.7 Å². The first-order valence-electron chi connectivity index (χ1n) is 5.08. The molecule has 0 bridgehead atoms. The summed E-state index contributed by atoms with van der Waals surface area (Å²) in [5.74, 6) is 0.178. The van der Waals surface area contributed by atoms with Gasteiger partial charge in [-0.25, -0.2) is 4.79 Å². The van der Waals surface area contributed by atoms with Crippen LogP contribution in [-0.2, 0) is 4.79 Å². The molecule has 1 aliphatic heterocycles. The zero-order chi connectivity index (χ0) is 12.4. The van der Waals surface area contributed by atoms with Crippen molar-refractivity contribution in [3.63, 3.8) is 0 Å². The van der Waals surface area contributed by atoms with E-state index in [1.807, 2.05) is 24.3 Å². The van der Waals surface area contributed by atoms with Gasteiger partial charge in [-0.2, -0.15) is 0 Å². The Morgan fingerprint density at radius 3 is 2.94 bits per heavy atom. The van der Waals surface area contributed by atoms with E-state index in [9.17, 15) is 9.59 Å². The third kappa shape index (κ3) is 2.36. The number of carbonyl (C=O) groups is 2. The minimum atomic E-state index is -1.18. The van der Waals surface area contributed by atoms with E-state index >= 15 is 0 Å². The van der Waals surface area contributed by atoms with E-state index in [2.05, 4.69) is 5.32 Å². The molecule has 17 heavy (non-hydrogen) atoms. The predicted octanol–water partition coefficient (Wildman–Crippen LogP) is 1.39. The van der Waals surface area contributed by atoms with Crippen molar-refractivity contribution in [2.75, 3.05) is 17.7 Å². The number of fused-ring (bicyclic) bond motifs is 1. The number of carboxylic acid groups (broad SMARTS) is 1. The fraction of sp³-hybridized carbons (Fsp3) is 0.273. The maximum atomic E-state index is 12.0. The number of hydrogen-bond donors (Lipinski definition) is 2. The molecule has 1 unspecified atom stereocenters. The van der Waals surface area contributed by atoms with Gasteiger partial charge in [0.25, 0.3) is 0 Å². The Kier molecular flexibility index (Phi) is 3.23. The van der Waals surface area contributed by atoms with Crippen LogP contribution in [0.4, 0.5) is 10.5 Å². The van der Waals surface area contributed by atoms with Gasteiger partial charge in [-0.3, -0.25) is 4.79 Å². The second-order valence-corrected chi connectivity index (χ2v) is 4.74. The summed E-state index contributed by atoms with van der Waals surface area (Å²) in [6.45, 7) is 0. The summed E-state index contributed by atoms with van der Waals surface area (Å²) >= 11 is 1.48. The van der Waals surface area contributed by atoms with Crippen molar-refractivity contribution in [1.29, 1.82) is 0 Å². The van der Waals surface area contributed by atoms with Crippen molar-refractivity contribution in [3.8, 4) is 0 Å². The van der Waals surface area contributed by atoms with Crippen LogP contribution < -0.4 is 10.2 Å². The van der Waals surface area contributed by atoms with Gasteiger partial charge in [0.1, 0.15) is 6.04 Å². The van der Waals surface area contributed by atoms with Gasteiger partial charge in [0, 0.05) is 17.7 Å². The van der Waals surface area contributed by atoms with E-state index in [1.54, 1.807) is 7.05 Å². The van der Waals surface area contributed by atoms with Crippen LogP contribution in [0.5, 0.6) is 0 Å². The number of anilines is 1. The maximum Gasteiger partial charge on any atom is 0.405 e. The number of hydrogen-bond acceptors (Lipinski definition) is 3. The number of para-hydroxylation sites is 1. The molecule has 1 heterocycles. The van der Waals surface area contributed by atoms with Crippen LogP contribution in [0.15, 0.2) is 29.2 Å². The molecule has 1 aliphatic rings. The van der Waals surface area contributed by atoms with Gasteiger partial charge in [-0.1, -0.05) is 12.1 Å². The SMILES string of the molecule is CN1C(=O)C(NC(=O)O)CSc2ccccc21. The van der Waals surface area contributed by atoms with E-state index in [1.165, 1.54) is 16.7 Å². The molecule has 0 saturated carbocycles. The summed E-state index contributed by atoms with van der Waals surface area (Å²) in [5.41, 5.74) is 0.817. The largest absolute Gasteiger partial charge is 0.465 e. The molecule has 1 atom stereocenters. The zero-order valence-corrected chi connectivity index (χ0v) is 10.0. The number of amides is 2. The highest BCUT2D eigenvalue weighted by molar-refractivity contribution is 7.99. The van der Waals surface area contributed by atoms with Crippen LogP contribution in [0, 0.1) is 0 Å². The summed E-state index contributed by atoms with van der Waals surface area (Å²) in [7, 11) is 1.66. The Morgan fingerprint density at radius 2 is 2.24 bits per heavy atom. The Labute approximate surface area is 103 Å². The van der Waals surface area contributed by atoms with Crippen LogP contribution in [-0.4, -0.2) is 35.9 Å². The lowest BCUT2D eigenvalue weighted by molar-refractivity contribution is -0.119. The Morgan fingerprint density at radius 1 is 1.53 bits per heavy atom. The number of rotatable bonds is 1. The minimum absolute atomic E-state index is 0.232. The van der Waals surface area contributed by atoms with Crippen molar-refractivity contribution in [3.05, 3.63) is 24.3 Å². The molecular formula is C11H12N2O3S. The fourth-order valence-electron chi connectivity index (χ4n) is 1.71. The third-order valence-corrected chi connectivity index (χ3v) is 3.71. The number of thioether (sulfide) groups is 1. The highest BCUT2D eigenvalue weighted by Gasteiger charge is 2.29. The topological polar surface area (TPSA) is 69.6 Å². The van der Waals surface area contributed by atoms with Crippen LogP contribution in [0.1, 0.15) is 0 Å². The highest BCUT2D eigenvalue weighted by atomic mass is 32.2. The van der Waals surface area contributed by atoms with Crippen molar-refractivity contribution >= 4 is 29.4 Å². The van der Waals surface area contributed by atoms with Gasteiger partial charge in [0.05, 0.1) is 5.69 Å². The number of nitrogens with zero attached hydrogens (tertiary/aromatic N) is 1. The molecule has 0 aliphatic carbocycles. The molecule has 5 nitrogen and oxygen atoms in total. The van der Waals surface area contributed by atoms with E-state index in [0.717, 1.165) is 10.6 Å². The molecular weight excluding hydrogens is 240 g/mol. The highest BCUT2D eigenvalue weighted by Crippen LogP contribution is 2.33. The molecule has 90 valence electrons. The second kappa shape index (κ2) is 4.67. The maximum absolute atomic E-state index is 12.0. The van der Waals surface area contributed by atoms with Crippen molar-refractivity contribution in [1.82, 2.24) is 5.32 Å². The van der Waals surface area contributed by atoms with Gasteiger partial charge in [0.15, 0.2) is 0 Å². The standard InChI is InChI=1S/C11H12N2O3S/c1-13-8-4-2-3-5-9(8)17-6-7(10(13)14)12-11(15)16/h2-5,7,12H,6H2,1H3,(H,15,16). The lowest BCUT2D eigenvalue weighted by atomic mass is 10.2. The lowest BCUT2D eigenvalue weighted by Crippen LogP contribution is -2.47. The Hall–Kier alpha value is -1.69. The normalized spacial score (nSPS) is 19.5. The number of benzene rings is 1. The van der Waals surface area contributed by atoms with Crippen molar-refractivity contribution in [2.45, 2.75) is 10.9 Å². The summed E-state index contributed by atoms with van der Waals surface area (Å²) < 4.78 is 0. The van der Waals surface area contributed by atoms with Gasteiger partial charge in [-0.15, -0.1) is 11.8 Å². The molecule has 2 amide bonds. The monoisotopic (exact) mass is 252 g/mol. The first-order valence-corrected chi connectivity index (χ1v) is 6.07. The van der Waals surface area contributed by atoms with Crippen LogP contribution in [0.2, 0.25) is 0 Å². The zero-order valence-electron chi connectivity index (χ0n) is 9.21. The quantitative estimate of drug-likeness (QED) is 0.792. The number of likely N-dealkylation sites (N-methyl/N-ethyl adjacent to an activating group) is 1. The summed E-state index contributed by atoms with van der Waals surface area (Å²) in [4.78, 5) is 25.1. The molecule has 0 aromatic heterocycles. The Balaban J connectivity index is 2.29. The summed E-state index contributed by atoms with van der Waals surface area (Å²) in [6.07, 6.45) is -1.18. The average Bonchev–Trinajstić information content (AvgIpc) is 2.42. The van der Waals surface area contributed by atoms with Crippen molar-refractivity contribution in [2.24, 2.45) is 0 Å². The number of carbonyl (C=O) groups excluding carboxylic acids is 1. The molecule has 6 heteroatoms. The predicted molar refractivity (Wildman–Crippen MR) is 65.5 cm³/mol. The van der Waals surface area contributed by atoms with E-state index in [4.69, 9.17) is 5.11 Å². The molecule has 2 rings (SSSR count). The smallest absolute Gasteiger partial charge is 0.405 e. The summed E-state index contributed by atoms with van der Waals surface area (Å²) in [6, 6.07) is 6.83. The van der Waals surface area contributed by atoms with Crippen LogP contribution in [0.3, 0.4) is 0 Å². The molecule has 0 fully saturated rings. The lowest BCUT2D eigenvalue weighted by Gasteiger charge is -2.20. The molecule has 0 spiro atoms. The fourth-order valence-corrected chi connectivity index (χ4v) is 2.81. The molecule has 2 N–H and O–H groups in total. The average molecular weight is 252 g/mol. The van der Waals surface area contributed by atoms with Gasteiger partial charge in [-0.05, 0) is 12.1 Å². The molecule has 1 aromatic carbocycles. The third-order valence-electron chi connectivity index (χ3n) is 2.56. The number of nitrogens with one attached hydrogen (secondary N) is 1. The van der Waals surface area contributed by atoms with Crippen LogP contribution in [0.25, 0.3) is 0 Å². The van der Waals surface area contributed by atoms with Gasteiger partial charge < -0.3 is 15.3 Å². The summed E-state index contributed by atoms with van der Waals surface area (Å²) in [5, 5.41) is 10.9. The Bertz CT molecular complexity index is 464. The van der Waals surface area contributed by atoms with E-state index in [0.29, 0.717) is 5.75 Å². The van der Waals surface area contributed by atoms with Crippen LogP contribution >= 0.6 is 11.8 Å². The van der Waals surface area contributed by atoms with Gasteiger partial charge in [0.2, 0.25) is 5.91 Å². The first-order chi connectivity index (χ1) is 8.09. The van der Waals surface area contributed by atoms with Gasteiger partial charge >= 0.3 is 6.09 Å². The molecule has 0 radical (unpaired) electrons.